The number of hydrogen-bond donors (Lipinski definition) is 0. The van der Waals surface area contributed by atoms with Crippen LogP contribution in [0.4, 0.5) is 0 Å². The topological polar surface area (TPSA) is 38.8 Å². The molecule has 21 heavy (non-hydrogen) atoms. The van der Waals surface area contributed by atoms with E-state index in [9.17, 15) is 4.79 Å². The van der Waals surface area contributed by atoms with Crippen LogP contribution in [-0.2, 0) is 4.79 Å². The zero-order valence-corrected chi connectivity index (χ0v) is 12.6. The molecule has 0 aliphatic carbocycles. The summed E-state index contributed by atoms with van der Waals surface area (Å²) < 4.78 is 10.6. The maximum Gasteiger partial charge on any atom is 0.247 e. The summed E-state index contributed by atoms with van der Waals surface area (Å²) in [6, 6.07) is 6.21. The van der Waals surface area contributed by atoms with Gasteiger partial charge in [-0.1, -0.05) is 6.07 Å². The highest BCUT2D eigenvalue weighted by atomic mass is 16.5. The van der Waals surface area contributed by atoms with Crippen LogP contribution in [0, 0.1) is 0 Å². The lowest BCUT2D eigenvalue weighted by atomic mass is 9.88. The van der Waals surface area contributed by atoms with Crippen molar-refractivity contribution in [2.45, 2.75) is 31.7 Å². The van der Waals surface area contributed by atoms with Gasteiger partial charge >= 0.3 is 0 Å². The first-order valence-electron chi connectivity index (χ1n) is 7.46. The summed E-state index contributed by atoms with van der Waals surface area (Å²) in [6.07, 6.45) is 6.16. The van der Waals surface area contributed by atoms with Crippen molar-refractivity contribution in [1.82, 2.24) is 4.90 Å². The smallest absolute Gasteiger partial charge is 0.247 e. The highest BCUT2D eigenvalue weighted by Gasteiger charge is 2.30. The van der Waals surface area contributed by atoms with Gasteiger partial charge in [0, 0.05) is 18.7 Å². The van der Waals surface area contributed by atoms with Crippen LogP contribution in [0.25, 0.3) is 5.57 Å². The van der Waals surface area contributed by atoms with Crippen LogP contribution in [0.3, 0.4) is 0 Å². The molecule has 1 aromatic rings. The van der Waals surface area contributed by atoms with Gasteiger partial charge in [-0.15, -0.1) is 0 Å². The third-order valence-electron chi connectivity index (χ3n) is 4.42. The molecule has 1 amide bonds. The van der Waals surface area contributed by atoms with E-state index in [-0.39, 0.29) is 5.91 Å². The number of carbonyl (C=O) groups excluding carboxylic acids is 1. The lowest BCUT2D eigenvalue weighted by Gasteiger charge is -2.38. The van der Waals surface area contributed by atoms with Crippen LogP contribution in [0.15, 0.2) is 24.3 Å². The lowest BCUT2D eigenvalue weighted by Crippen LogP contribution is -2.45. The molecule has 2 aliphatic rings. The van der Waals surface area contributed by atoms with Crippen LogP contribution < -0.4 is 9.47 Å². The van der Waals surface area contributed by atoms with Crippen molar-refractivity contribution >= 4 is 11.5 Å². The van der Waals surface area contributed by atoms with E-state index < -0.39 is 0 Å². The second kappa shape index (κ2) is 5.80. The Morgan fingerprint density at radius 3 is 2.71 bits per heavy atom. The number of piperidine rings is 1. The minimum atomic E-state index is 0.149. The van der Waals surface area contributed by atoms with Gasteiger partial charge in [-0.2, -0.15) is 0 Å². The molecule has 3 rings (SSSR count). The number of ether oxygens (including phenoxy) is 2. The second-order valence-corrected chi connectivity index (χ2v) is 5.62. The molecular formula is C17H21NO3. The summed E-state index contributed by atoms with van der Waals surface area (Å²) in [5, 5.41) is 0. The van der Waals surface area contributed by atoms with Crippen molar-refractivity contribution in [3.05, 3.63) is 29.8 Å². The highest BCUT2D eigenvalue weighted by molar-refractivity contribution is 5.97. The molecule has 1 fully saturated rings. The summed E-state index contributed by atoms with van der Waals surface area (Å²) in [5.74, 6) is 1.56. The average molecular weight is 287 g/mol. The van der Waals surface area contributed by atoms with E-state index in [0.29, 0.717) is 17.5 Å². The summed E-state index contributed by atoms with van der Waals surface area (Å²) in [5.41, 5.74) is 2.15. The van der Waals surface area contributed by atoms with Gasteiger partial charge in [0.25, 0.3) is 0 Å². The summed E-state index contributed by atoms with van der Waals surface area (Å²) in [6.45, 7) is 0.902. The fraction of sp³-hybridized carbons (Fsp3) is 0.471. The molecule has 0 unspecified atom stereocenters. The molecular weight excluding hydrogens is 266 g/mol. The van der Waals surface area contributed by atoms with Crippen LogP contribution in [0.2, 0.25) is 0 Å². The Hall–Kier alpha value is -1.97. The summed E-state index contributed by atoms with van der Waals surface area (Å²) in [4.78, 5) is 14.3. The molecule has 0 radical (unpaired) electrons. The first kappa shape index (κ1) is 14.0. The monoisotopic (exact) mass is 287 g/mol. The molecule has 0 aromatic heterocycles. The van der Waals surface area contributed by atoms with Crippen molar-refractivity contribution in [2.24, 2.45) is 0 Å². The zero-order valence-electron chi connectivity index (χ0n) is 12.6. The van der Waals surface area contributed by atoms with Crippen LogP contribution in [-0.4, -0.2) is 37.6 Å². The van der Waals surface area contributed by atoms with Gasteiger partial charge in [-0.25, -0.2) is 0 Å². The normalized spacial score (nSPS) is 21.6. The van der Waals surface area contributed by atoms with E-state index in [0.717, 1.165) is 36.9 Å². The molecule has 1 aromatic carbocycles. The van der Waals surface area contributed by atoms with Crippen molar-refractivity contribution in [1.29, 1.82) is 0 Å². The molecule has 0 spiro atoms. The first-order chi connectivity index (χ1) is 10.2. The van der Waals surface area contributed by atoms with E-state index in [1.54, 1.807) is 20.3 Å². The zero-order chi connectivity index (χ0) is 14.8. The van der Waals surface area contributed by atoms with Crippen molar-refractivity contribution in [3.63, 3.8) is 0 Å². The van der Waals surface area contributed by atoms with Crippen molar-refractivity contribution < 1.29 is 14.3 Å². The lowest BCUT2D eigenvalue weighted by molar-refractivity contribution is -0.130. The van der Waals surface area contributed by atoms with Gasteiger partial charge in [-0.05, 0) is 49.0 Å². The number of benzene rings is 1. The van der Waals surface area contributed by atoms with Gasteiger partial charge in [0.05, 0.1) is 14.2 Å². The minimum absolute atomic E-state index is 0.149. The fourth-order valence-electron chi connectivity index (χ4n) is 3.28. The average Bonchev–Trinajstić information content (AvgIpc) is 2.54. The van der Waals surface area contributed by atoms with E-state index >= 15 is 0 Å². The third kappa shape index (κ3) is 2.62. The Kier molecular flexibility index (Phi) is 3.86. The maximum atomic E-state index is 12.3. The Morgan fingerprint density at radius 1 is 1.14 bits per heavy atom. The molecule has 0 saturated carbocycles. The molecule has 1 atom stereocenters. The highest BCUT2D eigenvalue weighted by Crippen LogP contribution is 2.35. The number of rotatable bonds is 3. The van der Waals surface area contributed by atoms with Crippen molar-refractivity contribution in [3.8, 4) is 11.5 Å². The van der Waals surface area contributed by atoms with Gasteiger partial charge in [0.1, 0.15) is 0 Å². The predicted octanol–water partition coefficient (Wildman–Crippen LogP) is 2.87. The van der Waals surface area contributed by atoms with E-state index in [4.69, 9.17) is 9.47 Å². The number of fused-ring (bicyclic) bond motifs is 1. The molecule has 4 heteroatoms. The molecule has 1 saturated heterocycles. The largest absolute Gasteiger partial charge is 0.493 e. The summed E-state index contributed by atoms with van der Waals surface area (Å²) >= 11 is 0. The first-order valence-corrected chi connectivity index (χ1v) is 7.46. The molecule has 4 nitrogen and oxygen atoms in total. The summed E-state index contributed by atoms with van der Waals surface area (Å²) in [7, 11) is 3.26. The van der Waals surface area contributed by atoms with Gasteiger partial charge < -0.3 is 14.4 Å². The minimum Gasteiger partial charge on any atom is -0.493 e. The van der Waals surface area contributed by atoms with Crippen LogP contribution in [0.1, 0.15) is 31.2 Å². The fourth-order valence-corrected chi connectivity index (χ4v) is 3.28. The number of amides is 1. The Bertz CT molecular complexity index is 579. The van der Waals surface area contributed by atoms with Crippen LogP contribution in [0.5, 0.6) is 11.5 Å². The standard InChI is InChI=1S/C17H21NO3/c1-20-15-7-6-12(10-16(15)21-2)13-9-14-5-3-4-8-18(14)17(19)11-13/h6-7,10-11,14H,3-5,8-9H2,1-2H3/t14-/m0/s1. The number of hydrogen-bond acceptors (Lipinski definition) is 3. The number of carbonyl (C=O) groups is 1. The molecule has 0 N–H and O–H groups in total. The maximum absolute atomic E-state index is 12.3. The van der Waals surface area contributed by atoms with Crippen LogP contribution >= 0.6 is 0 Å². The predicted molar refractivity (Wildman–Crippen MR) is 81.5 cm³/mol. The SMILES string of the molecule is COc1ccc(C2=CC(=O)N3CCCC[C@H]3C2)cc1OC. The number of methoxy groups -OCH3 is 2. The molecule has 2 heterocycles. The molecule has 112 valence electrons. The van der Waals surface area contributed by atoms with Gasteiger partial charge in [0.2, 0.25) is 5.91 Å². The quantitative estimate of drug-likeness (QED) is 0.858. The Labute approximate surface area is 125 Å². The second-order valence-electron chi connectivity index (χ2n) is 5.62. The Balaban J connectivity index is 1.91. The Morgan fingerprint density at radius 2 is 1.95 bits per heavy atom. The van der Waals surface area contributed by atoms with Gasteiger partial charge in [-0.3, -0.25) is 4.79 Å². The van der Waals surface area contributed by atoms with E-state index in [1.165, 1.54) is 6.42 Å². The van der Waals surface area contributed by atoms with Crippen molar-refractivity contribution in [2.75, 3.05) is 20.8 Å². The van der Waals surface area contributed by atoms with Gasteiger partial charge in [0.15, 0.2) is 11.5 Å². The van der Waals surface area contributed by atoms with E-state index in [1.807, 2.05) is 23.1 Å². The number of nitrogens with zero attached hydrogens (tertiary/aromatic N) is 1. The molecule has 2 aliphatic heterocycles. The molecule has 0 bridgehead atoms. The third-order valence-corrected chi connectivity index (χ3v) is 4.42. The van der Waals surface area contributed by atoms with E-state index in [2.05, 4.69) is 0 Å².